The molecule has 0 N–H and O–H groups in total. The third kappa shape index (κ3) is 1.77. The predicted molar refractivity (Wildman–Crippen MR) is 63.1 cm³/mol. The van der Waals surface area contributed by atoms with E-state index in [0.717, 1.165) is 18.4 Å². The molecule has 2 rings (SSSR count). The maximum atomic E-state index is 12.0. The van der Waals surface area contributed by atoms with Crippen LogP contribution in [-0.4, -0.2) is 36.1 Å². The van der Waals surface area contributed by atoms with Gasteiger partial charge in [-0.25, -0.2) is 0 Å². The zero-order chi connectivity index (χ0) is 11.7. The number of ether oxygens (including phenoxy) is 1. The number of nitrogens with zero attached hydrogens (tertiary/aromatic N) is 1. The molecule has 1 saturated carbocycles. The Labute approximate surface area is 97.5 Å². The first-order valence-corrected chi connectivity index (χ1v) is 6.17. The fraction of sp³-hybridized carbons (Fsp3) is 0.769. The van der Waals surface area contributed by atoms with Crippen molar-refractivity contribution >= 4 is 5.91 Å². The molecule has 3 heteroatoms. The van der Waals surface area contributed by atoms with E-state index in [2.05, 4.69) is 6.58 Å². The molecule has 1 heterocycles. The van der Waals surface area contributed by atoms with Crippen LogP contribution in [0.1, 0.15) is 39.0 Å². The molecule has 1 aliphatic heterocycles. The Morgan fingerprint density at radius 1 is 1.38 bits per heavy atom. The molecular weight excluding hydrogens is 202 g/mol. The number of methoxy groups -OCH3 is 1. The second-order valence-corrected chi connectivity index (χ2v) is 4.98. The van der Waals surface area contributed by atoms with Crippen molar-refractivity contribution in [2.24, 2.45) is 0 Å². The average Bonchev–Trinajstić information content (AvgIpc) is 2.27. The topological polar surface area (TPSA) is 29.5 Å². The number of hydrogen-bond acceptors (Lipinski definition) is 2. The molecule has 0 aromatic heterocycles. The SMILES string of the molecule is C=C(C)[C@@H]1[C@H](OC)C(=O)N1C1CCCCC1. The minimum Gasteiger partial charge on any atom is -0.369 e. The molecule has 0 bridgehead atoms. The molecule has 3 nitrogen and oxygen atoms in total. The van der Waals surface area contributed by atoms with Crippen LogP contribution in [0.5, 0.6) is 0 Å². The fourth-order valence-electron chi connectivity index (χ4n) is 2.97. The monoisotopic (exact) mass is 223 g/mol. The van der Waals surface area contributed by atoms with Crippen molar-refractivity contribution in [3.63, 3.8) is 0 Å². The quantitative estimate of drug-likeness (QED) is 0.542. The zero-order valence-corrected chi connectivity index (χ0v) is 10.2. The van der Waals surface area contributed by atoms with Crippen LogP contribution >= 0.6 is 0 Å². The van der Waals surface area contributed by atoms with Gasteiger partial charge >= 0.3 is 0 Å². The Balaban J connectivity index is 2.08. The normalized spacial score (nSPS) is 31.4. The lowest BCUT2D eigenvalue weighted by Gasteiger charge is -2.51. The first-order valence-electron chi connectivity index (χ1n) is 6.17. The van der Waals surface area contributed by atoms with E-state index in [1.165, 1.54) is 19.3 Å². The van der Waals surface area contributed by atoms with Gasteiger partial charge in [0.1, 0.15) is 0 Å². The van der Waals surface area contributed by atoms with Crippen LogP contribution in [0, 0.1) is 0 Å². The largest absolute Gasteiger partial charge is 0.369 e. The lowest BCUT2D eigenvalue weighted by Crippen LogP contribution is -2.68. The number of carbonyl (C=O) groups excluding carboxylic acids is 1. The summed E-state index contributed by atoms with van der Waals surface area (Å²) >= 11 is 0. The van der Waals surface area contributed by atoms with Crippen molar-refractivity contribution in [3.8, 4) is 0 Å². The molecule has 90 valence electrons. The molecule has 16 heavy (non-hydrogen) atoms. The second-order valence-electron chi connectivity index (χ2n) is 4.98. The highest BCUT2D eigenvalue weighted by molar-refractivity contribution is 5.90. The number of β-lactam (4-membered cyclic amide) rings is 1. The van der Waals surface area contributed by atoms with E-state index in [9.17, 15) is 4.79 Å². The van der Waals surface area contributed by atoms with E-state index < -0.39 is 0 Å². The summed E-state index contributed by atoms with van der Waals surface area (Å²) in [6, 6.07) is 0.537. The summed E-state index contributed by atoms with van der Waals surface area (Å²) < 4.78 is 5.24. The predicted octanol–water partition coefficient (Wildman–Crippen LogP) is 2.12. The lowest BCUT2D eigenvalue weighted by atomic mass is 9.85. The molecule has 0 aromatic rings. The summed E-state index contributed by atoms with van der Waals surface area (Å²) in [6.07, 6.45) is 5.81. The van der Waals surface area contributed by atoms with E-state index in [0.29, 0.717) is 6.04 Å². The van der Waals surface area contributed by atoms with Crippen molar-refractivity contribution in [3.05, 3.63) is 12.2 Å². The highest BCUT2D eigenvalue weighted by Gasteiger charge is 2.50. The molecule has 1 aliphatic carbocycles. The van der Waals surface area contributed by atoms with Gasteiger partial charge in [-0.15, -0.1) is 0 Å². The van der Waals surface area contributed by atoms with Crippen molar-refractivity contribution in [2.45, 2.75) is 57.2 Å². The Morgan fingerprint density at radius 2 is 2.00 bits per heavy atom. The first kappa shape index (κ1) is 11.6. The summed E-state index contributed by atoms with van der Waals surface area (Å²) in [7, 11) is 1.61. The van der Waals surface area contributed by atoms with Crippen LogP contribution in [0.25, 0.3) is 0 Å². The minimum absolute atomic E-state index is 0.112. The van der Waals surface area contributed by atoms with Crippen LogP contribution in [0.15, 0.2) is 12.2 Å². The Bertz CT molecular complexity index is 294. The number of rotatable bonds is 3. The van der Waals surface area contributed by atoms with E-state index in [1.54, 1.807) is 7.11 Å². The number of hydrogen-bond donors (Lipinski definition) is 0. The van der Waals surface area contributed by atoms with Crippen LogP contribution in [0.3, 0.4) is 0 Å². The van der Waals surface area contributed by atoms with Gasteiger partial charge in [-0.2, -0.15) is 0 Å². The molecule has 1 saturated heterocycles. The highest BCUT2D eigenvalue weighted by atomic mass is 16.5. The third-order valence-corrected chi connectivity index (χ3v) is 3.81. The molecule has 1 amide bonds. The molecule has 2 aliphatic rings. The maximum Gasteiger partial charge on any atom is 0.255 e. The summed E-state index contributed by atoms with van der Waals surface area (Å²) in [4.78, 5) is 14.0. The molecule has 0 unspecified atom stereocenters. The Kier molecular flexibility index (Phi) is 3.33. The van der Waals surface area contributed by atoms with E-state index in [4.69, 9.17) is 4.74 Å². The lowest BCUT2D eigenvalue weighted by molar-refractivity contribution is -0.173. The smallest absolute Gasteiger partial charge is 0.255 e. The van der Waals surface area contributed by atoms with Gasteiger partial charge in [0, 0.05) is 13.2 Å². The molecular formula is C13H21NO2. The van der Waals surface area contributed by atoms with Crippen LogP contribution in [0.4, 0.5) is 0 Å². The number of carbonyl (C=O) groups is 1. The van der Waals surface area contributed by atoms with Crippen molar-refractivity contribution in [1.82, 2.24) is 4.90 Å². The molecule has 0 aromatic carbocycles. The Hall–Kier alpha value is -0.830. The van der Waals surface area contributed by atoms with Gasteiger partial charge in [0.2, 0.25) is 0 Å². The van der Waals surface area contributed by atoms with Gasteiger partial charge in [-0.3, -0.25) is 4.79 Å². The Morgan fingerprint density at radius 3 is 2.50 bits per heavy atom. The van der Waals surface area contributed by atoms with Gasteiger partial charge in [-0.05, 0) is 19.8 Å². The van der Waals surface area contributed by atoms with Crippen LogP contribution in [-0.2, 0) is 9.53 Å². The number of amides is 1. The second kappa shape index (κ2) is 4.58. The summed E-state index contributed by atoms with van der Waals surface area (Å²) in [5.74, 6) is 0.155. The van der Waals surface area contributed by atoms with Crippen molar-refractivity contribution in [2.75, 3.05) is 7.11 Å². The molecule has 0 radical (unpaired) electrons. The first-order chi connectivity index (χ1) is 7.66. The van der Waals surface area contributed by atoms with Gasteiger partial charge in [-0.1, -0.05) is 31.4 Å². The molecule has 0 spiro atoms. The standard InChI is InChI=1S/C13H21NO2/c1-9(2)11-12(16-3)13(15)14(11)10-7-5-4-6-8-10/h10-12H,1,4-8H2,2-3H3/t11-,12+/m1/s1. The van der Waals surface area contributed by atoms with Gasteiger partial charge < -0.3 is 9.64 Å². The summed E-state index contributed by atoms with van der Waals surface area (Å²) in [6.45, 7) is 5.97. The van der Waals surface area contributed by atoms with Crippen LogP contribution in [0.2, 0.25) is 0 Å². The maximum absolute atomic E-state index is 12.0. The summed E-state index contributed by atoms with van der Waals surface area (Å²) in [5.41, 5.74) is 1.04. The fourth-order valence-corrected chi connectivity index (χ4v) is 2.97. The van der Waals surface area contributed by atoms with Crippen molar-refractivity contribution in [1.29, 1.82) is 0 Å². The van der Waals surface area contributed by atoms with Crippen LogP contribution < -0.4 is 0 Å². The minimum atomic E-state index is -0.278. The van der Waals surface area contributed by atoms with Gasteiger partial charge in [0.25, 0.3) is 5.91 Å². The molecule has 2 atom stereocenters. The van der Waals surface area contributed by atoms with Crippen molar-refractivity contribution < 1.29 is 9.53 Å². The average molecular weight is 223 g/mol. The van der Waals surface area contributed by atoms with E-state index in [1.807, 2.05) is 11.8 Å². The highest BCUT2D eigenvalue weighted by Crippen LogP contribution is 2.35. The van der Waals surface area contributed by atoms with E-state index in [-0.39, 0.29) is 18.1 Å². The van der Waals surface area contributed by atoms with Gasteiger partial charge in [0.15, 0.2) is 6.10 Å². The third-order valence-electron chi connectivity index (χ3n) is 3.81. The zero-order valence-electron chi connectivity index (χ0n) is 10.2. The molecule has 2 fully saturated rings. The summed E-state index contributed by atoms with van der Waals surface area (Å²) in [5, 5.41) is 0. The number of likely N-dealkylation sites (tertiary alicyclic amines) is 1. The van der Waals surface area contributed by atoms with Gasteiger partial charge in [0.05, 0.1) is 6.04 Å². The van der Waals surface area contributed by atoms with E-state index >= 15 is 0 Å².